The van der Waals surface area contributed by atoms with Crippen LogP contribution in [-0.4, -0.2) is 31.0 Å². The van der Waals surface area contributed by atoms with Gasteiger partial charge in [0.05, 0.1) is 10.7 Å². The number of non-ortho nitro benzene ring substituents is 1. The van der Waals surface area contributed by atoms with Crippen LogP contribution in [0.4, 0.5) is 11.4 Å². The second kappa shape index (κ2) is 7.31. The van der Waals surface area contributed by atoms with E-state index in [0.29, 0.717) is 11.3 Å². The Morgan fingerprint density at radius 1 is 1.31 bits per heavy atom. The van der Waals surface area contributed by atoms with E-state index < -0.39 is 10.6 Å². The average molecular weight is 371 g/mol. The normalized spacial score (nSPS) is 10.7. The number of hydrogen-bond acceptors (Lipinski definition) is 7. The predicted octanol–water partition coefficient (Wildman–Crippen LogP) is 2.04. The highest BCUT2D eigenvalue weighted by Gasteiger charge is 2.11. The third-order valence-electron chi connectivity index (χ3n) is 3.36. The van der Waals surface area contributed by atoms with Crippen LogP contribution in [0.25, 0.3) is 5.65 Å². The van der Waals surface area contributed by atoms with Crippen LogP contribution in [-0.2, 0) is 4.79 Å². The molecule has 10 heteroatoms. The Hall–Kier alpha value is -3.27. The Labute approximate surface area is 151 Å². The van der Waals surface area contributed by atoms with Gasteiger partial charge in [0.25, 0.3) is 5.69 Å². The van der Waals surface area contributed by atoms with Crippen molar-refractivity contribution in [1.29, 1.82) is 0 Å². The Morgan fingerprint density at radius 3 is 2.88 bits per heavy atom. The summed E-state index contributed by atoms with van der Waals surface area (Å²) < 4.78 is 1.34. The maximum atomic E-state index is 12.0. The van der Waals surface area contributed by atoms with Crippen LogP contribution in [0.1, 0.15) is 5.56 Å². The quantitative estimate of drug-likeness (QED) is 0.414. The molecule has 0 bridgehead atoms. The second-order valence-corrected chi connectivity index (χ2v) is 6.31. The molecule has 2 heterocycles. The third-order valence-corrected chi connectivity index (χ3v) is 4.20. The molecule has 1 N–H and O–H groups in total. The maximum absolute atomic E-state index is 12.0. The maximum Gasteiger partial charge on any atom is 0.355 e. The topological polar surface area (TPSA) is 120 Å². The number of aromatic nitrogens is 3. The number of nitro benzene ring substituents is 1. The smallest absolute Gasteiger partial charge is 0.325 e. The molecule has 1 aromatic carbocycles. The number of thioether (sulfide) groups is 1. The highest BCUT2D eigenvalue weighted by atomic mass is 32.2. The van der Waals surface area contributed by atoms with Gasteiger partial charge in [-0.25, -0.2) is 9.78 Å². The molecule has 0 radical (unpaired) electrons. The lowest BCUT2D eigenvalue weighted by molar-refractivity contribution is -0.384. The van der Waals surface area contributed by atoms with Gasteiger partial charge in [0.15, 0.2) is 5.16 Å². The molecule has 0 aliphatic rings. The van der Waals surface area contributed by atoms with E-state index in [4.69, 9.17) is 0 Å². The molecule has 3 rings (SSSR count). The number of anilines is 1. The van der Waals surface area contributed by atoms with Gasteiger partial charge in [-0.1, -0.05) is 23.9 Å². The molecule has 132 valence electrons. The molecular weight excluding hydrogens is 358 g/mol. The summed E-state index contributed by atoms with van der Waals surface area (Å²) in [6, 6.07) is 9.16. The summed E-state index contributed by atoms with van der Waals surface area (Å²) in [6.07, 6.45) is 1.64. The summed E-state index contributed by atoms with van der Waals surface area (Å²) in [4.78, 5) is 42.3. The van der Waals surface area contributed by atoms with Crippen molar-refractivity contribution < 1.29 is 9.72 Å². The summed E-state index contributed by atoms with van der Waals surface area (Å²) in [7, 11) is 0. The number of amides is 1. The van der Waals surface area contributed by atoms with Gasteiger partial charge < -0.3 is 5.32 Å². The first-order valence-corrected chi connectivity index (χ1v) is 8.45. The number of nitro groups is 1. The number of carbonyl (C=O) groups is 1. The fourth-order valence-corrected chi connectivity index (χ4v) is 2.82. The van der Waals surface area contributed by atoms with E-state index in [0.717, 1.165) is 17.3 Å². The van der Waals surface area contributed by atoms with Crippen LogP contribution < -0.4 is 11.0 Å². The Morgan fingerprint density at radius 2 is 2.12 bits per heavy atom. The Balaban J connectivity index is 1.69. The molecule has 3 aromatic rings. The highest BCUT2D eigenvalue weighted by Crippen LogP contribution is 2.18. The Bertz CT molecular complexity index is 1070. The van der Waals surface area contributed by atoms with Crippen molar-refractivity contribution in [3.63, 3.8) is 0 Å². The average Bonchev–Trinajstić information content (AvgIpc) is 2.61. The fourth-order valence-electron chi connectivity index (χ4n) is 2.19. The van der Waals surface area contributed by atoms with Crippen LogP contribution in [0.3, 0.4) is 0 Å². The zero-order valence-corrected chi connectivity index (χ0v) is 14.4. The van der Waals surface area contributed by atoms with Crippen LogP contribution in [0, 0.1) is 17.0 Å². The van der Waals surface area contributed by atoms with Crippen molar-refractivity contribution >= 4 is 34.7 Å². The minimum Gasteiger partial charge on any atom is -0.325 e. The van der Waals surface area contributed by atoms with Gasteiger partial charge in [-0.15, -0.1) is 0 Å². The van der Waals surface area contributed by atoms with E-state index in [1.807, 2.05) is 13.0 Å². The molecule has 2 aromatic heterocycles. The molecule has 0 aliphatic carbocycles. The van der Waals surface area contributed by atoms with Crippen molar-refractivity contribution in [3.05, 3.63) is 68.8 Å². The van der Waals surface area contributed by atoms with E-state index in [2.05, 4.69) is 15.3 Å². The molecule has 0 unspecified atom stereocenters. The molecule has 1 amide bonds. The van der Waals surface area contributed by atoms with Gasteiger partial charge in [0.1, 0.15) is 5.65 Å². The third kappa shape index (κ3) is 4.03. The van der Waals surface area contributed by atoms with Crippen LogP contribution in [0.15, 0.2) is 52.5 Å². The highest BCUT2D eigenvalue weighted by molar-refractivity contribution is 7.99. The number of carbonyl (C=O) groups excluding carboxylic acids is 1. The number of nitrogens with one attached hydrogen (secondary N) is 1. The first-order valence-electron chi connectivity index (χ1n) is 7.46. The van der Waals surface area contributed by atoms with Gasteiger partial charge in [-0.05, 0) is 24.6 Å². The lowest BCUT2D eigenvalue weighted by atomic mass is 10.3. The number of fused-ring (bicyclic) bond motifs is 1. The van der Waals surface area contributed by atoms with E-state index >= 15 is 0 Å². The van der Waals surface area contributed by atoms with Crippen molar-refractivity contribution in [2.75, 3.05) is 11.1 Å². The molecule has 26 heavy (non-hydrogen) atoms. The van der Waals surface area contributed by atoms with E-state index in [9.17, 15) is 19.7 Å². The molecule has 0 saturated carbocycles. The molecule has 9 nitrogen and oxygen atoms in total. The summed E-state index contributed by atoms with van der Waals surface area (Å²) >= 11 is 1.01. The second-order valence-electron chi connectivity index (χ2n) is 5.37. The van der Waals surface area contributed by atoms with Crippen molar-refractivity contribution in [2.45, 2.75) is 12.1 Å². The first kappa shape index (κ1) is 17.5. The SMILES string of the molecule is Cc1ccc2nc(SCC(=O)Nc3cccc([N+](=O)[O-])c3)nc(=O)n2c1. The standard InChI is InChI=1S/C16H13N5O4S/c1-10-5-6-13-18-15(19-16(23)20(13)8-10)26-9-14(22)17-11-3-2-4-12(7-11)21(24)25/h2-8H,9H2,1H3,(H,17,22). The zero-order valence-electron chi connectivity index (χ0n) is 13.6. The van der Waals surface area contributed by atoms with Gasteiger partial charge in [0.2, 0.25) is 5.91 Å². The van der Waals surface area contributed by atoms with Crippen molar-refractivity contribution in [1.82, 2.24) is 14.4 Å². The van der Waals surface area contributed by atoms with Gasteiger partial charge >= 0.3 is 5.69 Å². The molecule has 0 atom stereocenters. The van der Waals surface area contributed by atoms with Crippen LogP contribution in [0.5, 0.6) is 0 Å². The zero-order chi connectivity index (χ0) is 18.7. The number of rotatable bonds is 5. The number of aryl methyl sites for hydroxylation is 1. The van der Waals surface area contributed by atoms with E-state index in [-0.39, 0.29) is 22.5 Å². The molecule has 0 fully saturated rings. The van der Waals surface area contributed by atoms with Crippen molar-refractivity contribution in [3.8, 4) is 0 Å². The lowest BCUT2D eigenvalue weighted by Gasteiger charge is -2.05. The minimum absolute atomic E-state index is 0.0375. The van der Waals surface area contributed by atoms with Gasteiger partial charge in [0, 0.05) is 24.0 Å². The first-order chi connectivity index (χ1) is 12.4. The summed E-state index contributed by atoms with van der Waals surface area (Å²) in [6.45, 7) is 1.85. The predicted molar refractivity (Wildman–Crippen MR) is 96.4 cm³/mol. The summed E-state index contributed by atoms with van der Waals surface area (Å²) in [5, 5.41) is 13.5. The molecule has 0 spiro atoms. The van der Waals surface area contributed by atoms with E-state index in [1.165, 1.54) is 22.6 Å². The Kier molecular flexibility index (Phi) is 4.94. The number of pyridine rings is 1. The minimum atomic E-state index is -0.539. The number of benzene rings is 1. The monoisotopic (exact) mass is 371 g/mol. The lowest BCUT2D eigenvalue weighted by Crippen LogP contribution is -2.20. The van der Waals surface area contributed by atoms with Crippen molar-refractivity contribution in [2.24, 2.45) is 0 Å². The molecule has 0 saturated heterocycles. The van der Waals surface area contributed by atoms with Gasteiger partial charge in [-0.3, -0.25) is 19.3 Å². The van der Waals surface area contributed by atoms with Crippen LogP contribution >= 0.6 is 11.8 Å². The number of hydrogen-bond donors (Lipinski definition) is 1. The molecule has 0 aliphatic heterocycles. The molecular formula is C16H13N5O4S. The van der Waals surface area contributed by atoms with Crippen LogP contribution in [0.2, 0.25) is 0 Å². The van der Waals surface area contributed by atoms with E-state index in [1.54, 1.807) is 18.3 Å². The summed E-state index contributed by atoms with van der Waals surface area (Å²) in [5.41, 5.74) is 1.08. The fraction of sp³-hybridized carbons (Fsp3) is 0.125. The summed E-state index contributed by atoms with van der Waals surface area (Å²) in [5.74, 6) is -0.423. The van der Waals surface area contributed by atoms with Gasteiger partial charge in [-0.2, -0.15) is 4.98 Å². The largest absolute Gasteiger partial charge is 0.355 e. The number of nitrogens with zero attached hydrogens (tertiary/aromatic N) is 4.